The van der Waals surface area contributed by atoms with Gasteiger partial charge in [0, 0.05) is 19.3 Å². The molecule has 0 spiro atoms. The van der Waals surface area contributed by atoms with Gasteiger partial charge in [0.1, 0.15) is 13.2 Å². The molecule has 6 nitrogen and oxygen atoms in total. The SMILES string of the molecule is CCCCC/C=C\C/C=C\C/C=C\CCCCCCCCC(=O)OCC(COC(=O)CCCCCCCCCCCCCCCC)OC(=O)CCCCCCCCC/C=C\CCCCCCCC. The lowest BCUT2D eigenvalue weighted by Crippen LogP contribution is -2.30. The summed E-state index contributed by atoms with van der Waals surface area (Å²) in [5, 5.41) is 0. The van der Waals surface area contributed by atoms with Gasteiger partial charge in [0.25, 0.3) is 0 Å². The predicted octanol–water partition coefficient (Wildman–Crippen LogP) is 19.8. The van der Waals surface area contributed by atoms with Gasteiger partial charge in [-0.25, -0.2) is 0 Å². The molecule has 0 aromatic heterocycles. The maximum Gasteiger partial charge on any atom is 0.306 e. The topological polar surface area (TPSA) is 78.9 Å². The van der Waals surface area contributed by atoms with Crippen LogP contribution in [0.5, 0.6) is 0 Å². The largest absolute Gasteiger partial charge is 0.462 e. The zero-order valence-electron chi connectivity index (χ0n) is 45.4. The van der Waals surface area contributed by atoms with Crippen molar-refractivity contribution in [3.63, 3.8) is 0 Å². The maximum absolute atomic E-state index is 12.9. The molecule has 0 bridgehead atoms. The van der Waals surface area contributed by atoms with Crippen LogP contribution in [0.3, 0.4) is 0 Å². The summed E-state index contributed by atoms with van der Waals surface area (Å²) in [5.41, 5.74) is 0. The Kier molecular flexibility index (Phi) is 54.8. The lowest BCUT2D eigenvalue weighted by Gasteiger charge is -2.18. The highest BCUT2D eigenvalue weighted by molar-refractivity contribution is 5.71. The minimum Gasteiger partial charge on any atom is -0.462 e. The summed E-state index contributed by atoms with van der Waals surface area (Å²) in [7, 11) is 0. The van der Waals surface area contributed by atoms with Gasteiger partial charge in [-0.1, -0.05) is 256 Å². The van der Waals surface area contributed by atoms with Crippen molar-refractivity contribution < 1.29 is 28.6 Å². The molecule has 396 valence electrons. The number of unbranched alkanes of at least 4 members (excludes halogenated alkanes) is 35. The summed E-state index contributed by atoms with van der Waals surface area (Å²) in [5.74, 6) is -0.877. The fourth-order valence-corrected chi connectivity index (χ4v) is 8.56. The molecule has 0 heterocycles. The Bertz CT molecular complexity index is 1190. The van der Waals surface area contributed by atoms with Crippen molar-refractivity contribution in [2.24, 2.45) is 0 Å². The van der Waals surface area contributed by atoms with Crippen molar-refractivity contribution in [1.29, 1.82) is 0 Å². The Morgan fingerprint density at radius 1 is 0.294 bits per heavy atom. The highest BCUT2D eigenvalue weighted by Gasteiger charge is 2.19. The molecule has 0 aliphatic rings. The first-order valence-corrected chi connectivity index (χ1v) is 29.6. The molecule has 0 radical (unpaired) electrons. The number of esters is 3. The summed E-state index contributed by atoms with van der Waals surface area (Å²) < 4.78 is 16.9. The van der Waals surface area contributed by atoms with E-state index >= 15 is 0 Å². The quantitative estimate of drug-likeness (QED) is 0.0262. The lowest BCUT2D eigenvalue weighted by atomic mass is 10.0. The van der Waals surface area contributed by atoms with E-state index in [0.29, 0.717) is 19.3 Å². The molecule has 0 aliphatic heterocycles. The number of hydrogen-bond acceptors (Lipinski definition) is 6. The summed E-state index contributed by atoms with van der Waals surface area (Å²) in [6, 6.07) is 0. The Hall–Kier alpha value is -2.63. The van der Waals surface area contributed by atoms with E-state index in [-0.39, 0.29) is 31.1 Å². The van der Waals surface area contributed by atoms with Crippen LogP contribution in [0.4, 0.5) is 0 Å². The second-order valence-corrected chi connectivity index (χ2v) is 19.9. The van der Waals surface area contributed by atoms with Crippen LogP contribution in [-0.2, 0) is 28.6 Å². The molecule has 0 aromatic rings. The molecule has 0 amide bonds. The van der Waals surface area contributed by atoms with Gasteiger partial charge < -0.3 is 14.2 Å². The van der Waals surface area contributed by atoms with E-state index in [2.05, 4.69) is 69.4 Å². The van der Waals surface area contributed by atoms with Gasteiger partial charge in [0.15, 0.2) is 6.10 Å². The minimum atomic E-state index is -0.779. The average molecular weight is 954 g/mol. The molecule has 1 unspecified atom stereocenters. The first-order valence-electron chi connectivity index (χ1n) is 29.6. The maximum atomic E-state index is 12.9. The molecule has 0 aromatic carbocycles. The van der Waals surface area contributed by atoms with Crippen molar-refractivity contribution >= 4 is 17.9 Å². The number of ether oxygens (including phenoxy) is 3. The van der Waals surface area contributed by atoms with E-state index in [0.717, 1.165) is 77.0 Å². The van der Waals surface area contributed by atoms with Crippen LogP contribution in [0, 0.1) is 0 Å². The number of rotatable bonds is 54. The standard InChI is InChI=1S/C62H112O6/c1-4-7-10-13-16-19-22-25-28-30-31-33-34-37-40-43-46-49-52-55-61(64)67-58-59(57-66-60(63)54-51-48-45-42-39-36-27-24-21-18-15-12-9-6-3)68-62(65)56-53-50-47-44-41-38-35-32-29-26-23-20-17-14-11-8-5-2/h16,19,25-26,28-29,31,33,59H,4-15,17-18,20-24,27,30,32,34-58H2,1-3H3/b19-16-,28-25-,29-26-,33-31-. The first-order chi connectivity index (χ1) is 33.5. The van der Waals surface area contributed by atoms with Gasteiger partial charge >= 0.3 is 17.9 Å². The number of carbonyl (C=O) groups excluding carboxylic acids is 3. The van der Waals surface area contributed by atoms with Crippen LogP contribution < -0.4 is 0 Å². The summed E-state index contributed by atoms with van der Waals surface area (Å²) >= 11 is 0. The molecule has 0 fully saturated rings. The Morgan fingerprint density at radius 2 is 0.529 bits per heavy atom. The first kappa shape index (κ1) is 65.4. The molecule has 0 rings (SSSR count). The van der Waals surface area contributed by atoms with Crippen molar-refractivity contribution in [1.82, 2.24) is 0 Å². The van der Waals surface area contributed by atoms with Gasteiger partial charge in [-0.2, -0.15) is 0 Å². The summed E-state index contributed by atoms with van der Waals surface area (Å²) in [6.45, 7) is 6.63. The van der Waals surface area contributed by atoms with E-state index in [9.17, 15) is 14.4 Å². The van der Waals surface area contributed by atoms with Crippen molar-refractivity contribution in [3.05, 3.63) is 48.6 Å². The third-order valence-corrected chi connectivity index (χ3v) is 13.1. The van der Waals surface area contributed by atoms with Crippen LogP contribution in [0.15, 0.2) is 48.6 Å². The number of hydrogen-bond donors (Lipinski definition) is 0. The van der Waals surface area contributed by atoms with Crippen molar-refractivity contribution in [3.8, 4) is 0 Å². The molecule has 1 atom stereocenters. The normalized spacial score (nSPS) is 12.3. The van der Waals surface area contributed by atoms with E-state index in [4.69, 9.17) is 14.2 Å². The zero-order chi connectivity index (χ0) is 49.3. The van der Waals surface area contributed by atoms with Crippen LogP contribution in [0.2, 0.25) is 0 Å². The van der Waals surface area contributed by atoms with Gasteiger partial charge in [0.05, 0.1) is 0 Å². The molecular weight excluding hydrogens is 841 g/mol. The average Bonchev–Trinajstić information content (AvgIpc) is 3.34. The highest BCUT2D eigenvalue weighted by Crippen LogP contribution is 2.16. The Balaban J connectivity index is 4.37. The third kappa shape index (κ3) is 54.3. The molecule has 68 heavy (non-hydrogen) atoms. The number of allylic oxidation sites excluding steroid dienone is 8. The fourth-order valence-electron chi connectivity index (χ4n) is 8.56. The smallest absolute Gasteiger partial charge is 0.306 e. The molecule has 0 N–H and O–H groups in total. The second-order valence-electron chi connectivity index (χ2n) is 19.9. The van der Waals surface area contributed by atoms with Crippen molar-refractivity contribution in [2.45, 2.75) is 316 Å². The van der Waals surface area contributed by atoms with E-state index in [1.807, 2.05) is 0 Å². The van der Waals surface area contributed by atoms with E-state index in [1.54, 1.807) is 0 Å². The van der Waals surface area contributed by atoms with Gasteiger partial charge in [-0.3, -0.25) is 14.4 Å². The van der Waals surface area contributed by atoms with Crippen molar-refractivity contribution in [2.75, 3.05) is 13.2 Å². The third-order valence-electron chi connectivity index (χ3n) is 13.1. The van der Waals surface area contributed by atoms with E-state index < -0.39 is 6.10 Å². The van der Waals surface area contributed by atoms with Gasteiger partial charge in [0.2, 0.25) is 0 Å². The molecule has 6 heteroatoms. The van der Waals surface area contributed by atoms with Gasteiger partial charge in [-0.15, -0.1) is 0 Å². The predicted molar refractivity (Wildman–Crippen MR) is 293 cm³/mol. The molecule has 0 aliphatic carbocycles. The van der Waals surface area contributed by atoms with Crippen LogP contribution in [0.25, 0.3) is 0 Å². The monoisotopic (exact) mass is 953 g/mol. The van der Waals surface area contributed by atoms with E-state index in [1.165, 1.54) is 193 Å². The lowest BCUT2D eigenvalue weighted by molar-refractivity contribution is -0.167. The second kappa shape index (κ2) is 57.0. The zero-order valence-corrected chi connectivity index (χ0v) is 45.4. The van der Waals surface area contributed by atoms with Crippen LogP contribution in [-0.4, -0.2) is 37.2 Å². The Labute approximate surface area is 422 Å². The summed E-state index contributed by atoms with van der Waals surface area (Å²) in [4.78, 5) is 38.2. The van der Waals surface area contributed by atoms with Gasteiger partial charge in [-0.05, 0) is 83.5 Å². The highest BCUT2D eigenvalue weighted by atomic mass is 16.6. The van der Waals surface area contributed by atoms with Crippen LogP contribution in [0.1, 0.15) is 310 Å². The number of carbonyl (C=O) groups is 3. The molecule has 0 saturated heterocycles. The fraction of sp³-hybridized carbons (Fsp3) is 0.823. The molecule has 0 saturated carbocycles. The minimum absolute atomic E-state index is 0.0760. The Morgan fingerprint density at radius 3 is 0.868 bits per heavy atom. The van der Waals surface area contributed by atoms with Crippen LogP contribution >= 0.6 is 0 Å². The molecular formula is C62H112O6. The summed E-state index contributed by atoms with van der Waals surface area (Å²) in [6.07, 6.45) is 69.5.